The number of hydrogen-bond acceptors (Lipinski definition) is 4. The lowest BCUT2D eigenvalue weighted by atomic mass is 9.79. The molecule has 0 spiro atoms. The maximum Gasteiger partial charge on any atom is 0.314 e. The van der Waals surface area contributed by atoms with Gasteiger partial charge in [0.15, 0.2) is 0 Å². The Kier molecular flexibility index (Phi) is 5.61. The Morgan fingerprint density at radius 1 is 1.41 bits per heavy atom. The zero-order valence-electron chi connectivity index (χ0n) is 13.6. The second-order valence-corrected chi connectivity index (χ2v) is 5.70. The average Bonchev–Trinajstić information content (AvgIpc) is 2.52. The molecule has 0 bridgehead atoms. The van der Waals surface area contributed by atoms with E-state index in [0.717, 1.165) is 23.3 Å². The minimum Gasteiger partial charge on any atom is -0.496 e. The molecule has 1 aliphatic rings. The summed E-state index contributed by atoms with van der Waals surface area (Å²) in [4.78, 5) is 12.0. The standard InChI is InChI=1S/C18H25NO3/c1-5-22-18(20)15-11-19-16(13(3)12(15)2)10-14-8-6-7-9-17(14)21-4/h6-9,13,15-16,19H,2,5,10-11H2,1,3-4H3. The highest BCUT2D eigenvalue weighted by Gasteiger charge is 2.35. The van der Waals surface area contributed by atoms with Crippen molar-refractivity contribution < 1.29 is 14.3 Å². The number of benzene rings is 1. The number of hydrogen-bond donors (Lipinski definition) is 1. The molecule has 4 nitrogen and oxygen atoms in total. The van der Waals surface area contributed by atoms with Gasteiger partial charge < -0.3 is 14.8 Å². The van der Waals surface area contributed by atoms with Crippen molar-refractivity contribution in [3.8, 4) is 5.75 Å². The molecular weight excluding hydrogens is 278 g/mol. The molecule has 0 radical (unpaired) electrons. The van der Waals surface area contributed by atoms with Gasteiger partial charge in [0.2, 0.25) is 0 Å². The van der Waals surface area contributed by atoms with Crippen molar-refractivity contribution in [3.63, 3.8) is 0 Å². The maximum absolute atomic E-state index is 12.0. The Hall–Kier alpha value is -1.81. The van der Waals surface area contributed by atoms with Gasteiger partial charge in [0.1, 0.15) is 5.75 Å². The van der Waals surface area contributed by atoms with E-state index in [-0.39, 0.29) is 23.8 Å². The quantitative estimate of drug-likeness (QED) is 0.671. The zero-order chi connectivity index (χ0) is 16.1. The summed E-state index contributed by atoms with van der Waals surface area (Å²) in [5.41, 5.74) is 2.12. The molecule has 0 amide bonds. The predicted molar refractivity (Wildman–Crippen MR) is 86.9 cm³/mol. The molecule has 0 saturated carbocycles. The fraction of sp³-hybridized carbons (Fsp3) is 0.500. The van der Waals surface area contributed by atoms with Crippen LogP contribution in [0.5, 0.6) is 5.75 Å². The van der Waals surface area contributed by atoms with Crippen LogP contribution < -0.4 is 10.1 Å². The van der Waals surface area contributed by atoms with Gasteiger partial charge in [-0.05, 0) is 30.9 Å². The molecule has 0 aliphatic carbocycles. The number of rotatable bonds is 5. The molecule has 3 unspecified atom stereocenters. The number of esters is 1. The molecule has 1 aromatic rings. The van der Waals surface area contributed by atoms with Crippen molar-refractivity contribution >= 4 is 5.97 Å². The third kappa shape index (κ3) is 3.50. The maximum atomic E-state index is 12.0. The van der Waals surface area contributed by atoms with Crippen molar-refractivity contribution in [1.29, 1.82) is 0 Å². The zero-order valence-corrected chi connectivity index (χ0v) is 13.6. The van der Waals surface area contributed by atoms with Crippen LogP contribution in [-0.2, 0) is 16.0 Å². The van der Waals surface area contributed by atoms with E-state index in [1.807, 2.05) is 25.1 Å². The minimum absolute atomic E-state index is 0.178. The van der Waals surface area contributed by atoms with Gasteiger partial charge in [-0.1, -0.05) is 37.3 Å². The van der Waals surface area contributed by atoms with Crippen molar-refractivity contribution in [2.45, 2.75) is 26.3 Å². The van der Waals surface area contributed by atoms with Crippen LogP contribution in [0.25, 0.3) is 0 Å². The Labute approximate surface area is 132 Å². The minimum atomic E-state index is -0.246. The van der Waals surface area contributed by atoms with E-state index in [0.29, 0.717) is 13.2 Å². The number of carbonyl (C=O) groups excluding carboxylic acids is 1. The molecular formula is C18H25NO3. The molecule has 4 heteroatoms. The Balaban J connectivity index is 2.06. The summed E-state index contributed by atoms with van der Waals surface area (Å²) in [6.07, 6.45) is 0.847. The van der Waals surface area contributed by atoms with Crippen molar-refractivity contribution in [2.24, 2.45) is 11.8 Å². The van der Waals surface area contributed by atoms with Gasteiger partial charge in [-0.2, -0.15) is 0 Å². The van der Waals surface area contributed by atoms with Gasteiger partial charge in [0.05, 0.1) is 19.6 Å². The second-order valence-electron chi connectivity index (χ2n) is 5.70. The smallest absolute Gasteiger partial charge is 0.314 e. The highest BCUT2D eigenvalue weighted by atomic mass is 16.5. The van der Waals surface area contributed by atoms with E-state index in [9.17, 15) is 4.79 Å². The molecule has 22 heavy (non-hydrogen) atoms. The van der Waals surface area contributed by atoms with E-state index in [2.05, 4.69) is 24.9 Å². The summed E-state index contributed by atoms with van der Waals surface area (Å²) >= 11 is 0. The molecule has 1 aromatic carbocycles. The summed E-state index contributed by atoms with van der Waals surface area (Å²) < 4.78 is 10.5. The van der Waals surface area contributed by atoms with Crippen LogP contribution in [0.2, 0.25) is 0 Å². The lowest BCUT2D eigenvalue weighted by Gasteiger charge is -2.36. The van der Waals surface area contributed by atoms with E-state index >= 15 is 0 Å². The highest BCUT2D eigenvalue weighted by Crippen LogP contribution is 2.30. The Morgan fingerprint density at radius 3 is 2.82 bits per heavy atom. The fourth-order valence-electron chi connectivity index (χ4n) is 2.99. The van der Waals surface area contributed by atoms with Gasteiger partial charge in [0, 0.05) is 12.6 Å². The first-order chi connectivity index (χ1) is 10.6. The average molecular weight is 303 g/mol. The van der Waals surface area contributed by atoms with Crippen LogP contribution in [0, 0.1) is 11.8 Å². The number of carbonyl (C=O) groups is 1. The molecule has 1 fully saturated rings. The largest absolute Gasteiger partial charge is 0.496 e. The van der Waals surface area contributed by atoms with Gasteiger partial charge in [-0.15, -0.1) is 0 Å². The van der Waals surface area contributed by atoms with Crippen LogP contribution in [-0.4, -0.2) is 32.3 Å². The van der Waals surface area contributed by atoms with Gasteiger partial charge in [0.25, 0.3) is 0 Å². The van der Waals surface area contributed by atoms with Gasteiger partial charge in [-0.3, -0.25) is 4.79 Å². The first-order valence-corrected chi connectivity index (χ1v) is 7.79. The number of para-hydroxylation sites is 1. The number of nitrogens with one attached hydrogen (secondary N) is 1. The normalized spacial score (nSPS) is 24.9. The van der Waals surface area contributed by atoms with Crippen molar-refractivity contribution in [3.05, 3.63) is 42.0 Å². The molecule has 1 heterocycles. The van der Waals surface area contributed by atoms with Gasteiger partial charge >= 0.3 is 5.97 Å². The predicted octanol–water partition coefficient (Wildman–Crippen LogP) is 2.58. The first-order valence-electron chi connectivity index (χ1n) is 7.79. The summed E-state index contributed by atoms with van der Waals surface area (Å²) in [6.45, 7) is 9.07. The Morgan fingerprint density at radius 2 is 2.14 bits per heavy atom. The van der Waals surface area contributed by atoms with Crippen LogP contribution in [0.1, 0.15) is 19.4 Å². The molecule has 0 aromatic heterocycles. The topological polar surface area (TPSA) is 47.6 Å². The van der Waals surface area contributed by atoms with Crippen LogP contribution >= 0.6 is 0 Å². The molecule has 120 valence electrons. The summed E-state index contributed by atoms with van der Waals surface area (Å²) in [6, 6.07) is 8.28. The third-order valence-electron chi connectivity index (χ3n) is 4.42. The SMILES string of the molecule is C=C1C(C(=O)OCC)CNC(Cc2ccccc2OC)C1C. The molecule has 1 aliphatic heterocycles. The van der Waals surface area contributed by atoms with Crippen LogP contribution in [0.15, 0.2) is 36.4 Å². The highest BCUT2D eigenvalue weighted by molar-refractivity contribution is 5.76. The third-order valence-corrected chi connectivity index (χ3v) is 4.42. The van der Waals surface area contributed by atoms with Crippen LogP contribution in [0.4, 0.5) is 0 Å². The van der Waals surface area contributed by atoms with Gasteiger partial charge in [-0.25, -0.2) is 0 Å². The lowest BCUT2D eigenvalue weighted by molar-refractivity contribution is -0.147. The molecule has 1 saturated heterocycles. The fourth-order valence-corrected chi connectivity index (χ4v) is 2.99. The Bertz CT molecular complexity index is 541. The second kappa shape index (κ2) is 7.45. The number of ether oxygens (including phenoxy) is 2. The lowest BCUT2D eigenvalue weighted by Crippen LogP contribution is -2.49. The van der Waals surface area contributed by atoms with E-state index < -0.39 is 0 Å². The van der Waals surface area contributed by atoms with E-state index in [4.69, 9.17) is 9.47 Å². The summed E-state index contributed by atoms with van der Waals surface area (Å²) in [5, 5.41) is 3.47. The van der Waals surface area contributed by atoms with E-state index in [1.54, 1.807) is 7.11 Å². The molecule has 2 rings (SSSR count). The van der Waals surface area contributed by atoms with E-state index in [1.165, 1.54) is 0 Å². The molecule has 3 atom stereocenters. The van der Waals surface area contributed by atoms with Crippen molar-refractivity contribution in [1.82, 2.24) is 5.32 Å². The summed E-state index contributed by atoms with van der Waals surface area (Å²) in [5.74, 6) is 0.675. The summed E-state index contributed by atoms with van der Waals surface area (Å²) in [7, 11) is 1.69. The van der Waals surface area contributed by atoms with Crippen LogP contribution in [0.3, 0.4) is 0 Å². The number of piperidine rings is 1. The molecule has 1 N–H and O–H groups in total. The number of methoxy groups -OCH3 is 1. The monoisotopic (exact) mass is 303 g/mol. The van der Waals surface area contributed by atoms with Crippen molar-refractivity contribution in [2.75, 3.05) is 20.3 Å². The first kappa shape index (κ1) is 16.6.